The zero-order valence-electron chi connectivity index (χ0n) is 13.1. The molecule has 1 aromatic carbocycles. The Kier molecular flexibility index (Phi) is 4.39. The number of benzene rings is 1. The van der Waals surface area contributed by atoms with Gasteiger partial charge < -0.3 is 9.72 Å². The number of nitriles is 1. The molecule has 118 valence electrons. The summed E-state index contributed by atoms with van der Waals surface area (Å²) in [7, 11) is 0. The van der Waals surface area contributed by atoms with Gasteiger partial charge >= 0.3 is 0 Å². The van der Waals surface area contributed by atoms with Crippen LogP contribution in [0.1, 0.15) is 12.5 Å². The maximum absolute atomic E-state index is 12.3. The van der Waals surface area contributed by atoms with Gasteiger partial charge in [0.1, 0.15) is 17.4 Å². The van der Waals surface area contributed by atoms with E-state index < -0.39 is 5.56 Å². The average molecular weight is 317 g/mol. The van der Waals surface area contributed by atoms with Crippen LogP contribution < -0.4 is 10.3 Å². The van der Waals surface area contributed by atoms with Gasteiger partial charge in [-0.15, -0.1) is 0 Å². The van der Waals surface area contributed by atoms with Crippen molar-refractivity contribution in [2.24, 2.45) is 0 Å². The van der Waals surface area contributed by atoms with Crippen molar-refractivity contribution in [1.82, 2.24) is 9.97 Å². The van der Waals surface area contributed by atoms with E-state index in [1.54, 1.807) is 24.5 Å². The number of pyridine rings is 2. The summed E-state index contributed by atoms with van der Waals surface area (Å²) >= 11 is 0. The normalized spacial score (nSPS) is 10.2. The molecule has 0 aliphatic heterocycles. The van der Waals surface area contributed by atoms with Crippen molar-refractivity contribution in [1.29, 1.82) is 5.26 Å². The third-order valence-electron chi connectivity index (χ3n) is 3.59. The number of H-pyrrole nitrogens is 1. The molecule has 0 unspecified atom stereocenters. The molecule has 0 aliphatic rings. The first-order valence-electron chi connectivity index (χ1n) is 7.54. The Morgan fingerprint density at radius 1 is 1.21 bits per heavy atom. The summed E-state index contributed by atoms with van der Waals surface area (Å²) in [5.41, 5.74) is 2.44. The van der Waals surface area contributed by atoms with Crippen LogP contribution in [-0.2, 0) is 0 Å². The van der Waals surface area contributed by atoms with Crippen molar-refractivity contribution >= 4 is 0 Å². The predicted octanol–water partition coefficient (Wildman–Crippen LogP) is 3.37. The van der Waals surface area contributed by atoms with Crippen molar-refractivity contribution in [3.8, 4) is 34.2 Å². The van der Waals surface area contributed by atoms with Crippen molar-refractivity contribution in [2.45, 2.75) is 6.92 Å². The quantitative estimate of drug-likeness (QED) is 0.800. The molecule has 1 N–H and O–H groups in total. The van der Waals surface area contributed by atoms with Crippen LogP contribution in [0.15, 0.2) is 59.7 Å². The molecule has 5 nitrogen and oxygen atoms in total. The highest BCUT2D eigenvalue weighted by atomic mass is 16.5. The Morgan fingerprint density at radius 3 is 2.62 bits per heavy atom. The van der Waals surface area contributed by atoms with Gasteiger partial charge in [-0.3, -0.25) is 9.78 Å². The Morgan fingerprint density at radius 2 is 2.00 bits per heavy atom. The second-order valence-electron chi connectivity index (χ2n) is 5.11. The van der Waals surface area contributed by atoms with E-state index in [-0.39, 0.29) is 5.56 Å². The molecule has 0 radical (unpaired) electrons. The van der Waals surface area contributed by atoms with Crippen molar-refractivity contribution in [3.05, 3.63) is 70.8 Å². The Balaban J connectivity index is 2.12. The molecule has 5 heteroatoms. The number of ether oxygens (including phenoxy) is 1. The number of hydrogen-bond acceptors (Lipinski definition) is 4. The molecule has 24 heavy (non-hydrogen) atoms. The van der Waals surface area contributed by atoms with E-state index in [9.17, 15) is 10.1 Å². The lowest BCUT2D eigenvalue weighted by atomic mass is 10.0. The van der Waals surface area contributed by atoms with Gasteiger partial charge in [0.25, 0.3) is 5.56 Å². The minimum atomic E-state index is -0.414. The molecule has 0 aliphatic carbocycles. The number of aromatic amines is 1. The van der Waals surface area contributed by atoms with E-state index in [0.717, 1.165) is 16.9 Å². The molecule has 0 amide bonds. The fourth-order valence-corrected chi connectivity index (χ4v) is 2.47. The summed E-state index contributed by atoms with van der Waals surface area (Å²) in [5, 5.41) is 9.31. The zero-order valence-corrected chi connectivity index (χ0v) is 13.1. The van der Waals surface area contributed by atoms with Gasteiger partial charge in [0.15, 0.2) is 0 Å². The lowest BCUT2D eigenvalue weighted by Crippen LogP contribution is -2.12. The second kappa shape index (κ2) is 6.80. The first kappa shape index (κ1) is 15.5. The third kappa shape index (κ3) is 3.03. The molecule has 2 heterocycles. The van der Waals surface area contributed by atoms with E-state index in [2.05, 4.69) is 9.97 Å². The van der Waals surface area contributed by atoms with Gasteiger partial charge in [0.05, 0.1) is 6.61 Å². The molecule has 2 aromatic heterocycles. The Labute approximate surface area is 139 Å². The Bertz CT molecular complexity index is 939. The van der Waals surface area contributed by atoms with Gasteiger partial charge in [-0.05, 0) is 48.9 Å². The SMILES string of the molecule is CCOc1ccc(-c2cc(-c3cccnc3)c(C#N)c(=O)[nH]2)cc1. The minimum Gasteiger partial charge on any atom is -0.494 e. The first-order chi connectivity index (χ1) is 11.7. The molecule has 0 atom stereocenters. The van der Waals surface area contributed by atoms with Crippen LogP contribution in [0, 0.1) is 11.3 Å². The summed E-state index contributed by atoms with van der Waals surface area (Å²) in [6.07, 6.45) is 3.29. The third-order valence-corrected chi connectivity index (χ3v) is 3.59. The van der Waals surface area contributed by atoms with Gasteiger partial charge in [-0.2, -0.15) is 5.26 Å². The number of aromatic nitrogens is 2. The lowest BCUT2D eigenvalue weighted by molar-refractivity contribution is 0.340. The molecule has 0 spiro atoms. The van der Waals surface area contributed by atoms with Crippen LogP contribution in [-0.4, -0.2) is 16.6 Å². The molecular formula is C19H15N3O2. The van der Waals surface area contributed by atoms with E-state index in [0.29, 0.717) is 17.9 Å². The minimum absolute atomic E-state index is 0.0812. The summed E-state index contributed by atoms with van der Waals surface area (Å²) in [4.78, 5) is 19.1. The highest BCUT2D eigenvalue weighted by molar-refractivity contribution is 5.74. The van der Waals surface area contributed by atoms with Crippen LogP contribution >= 0.6 is 0 Å². The average Bonchev–Trinajstić information content (AvgIpc) is 2.63. The number of nitrogens with one attached hydrogen (secondary N) is 1. The van der Waals surface area contributed by atoms with Crippen LogP contribution in [0.3, 0.4) is 0 Å². The van der Waals surface area contributed by atoms with Crippen molar-refractivity contribution < 1.29 is 4.74 Å². The second-order valence-corrected chi connectivity index (χ2v) is 5.11. The summed E-state index contributed by atoms with van der Waals surface area (Å²) in [6, 6.07) is 14.8. The van der Waals surface area contributed by atoms with Gasteiger partial charge in [0, 0.05) is 29.2 Å². The molecule has 0 saturated carbocycles. The monoisotopic (exact) mass is 317 g/mol. The summed E-state index contributed by atoms with van der Waals surface area (Å²) < 4.78 is 5.43. The molecule has 0 saturated heterocycles. The van der Waals surface area contributed by atoms with E-state index in [4.69, 9.17) is 4.74 Å². The van der Waals surface area contributed by atoms with Gasteiger partial charge in [0.2, 0.25) is 0 Å². The van der Waals surface area contributed by atoms with Crippen molar-refractivity contribution in [3.63, 3.8) is 0 Å². The molecule has 0 fully saturated rings. The molecule has 3 rings (SSSR count). The van der Waals surface area contributed by atoms with Crippen LogP contribution in [0.4, 0.5) is 0 Å². The Hall–Kier alpha value is -3.39. The maximum atomic E-state index is 12.3. The van der Waals surface area contributed by atoms with E-state index in [1.165, 1.54) is 0 Å². The van der Waals surface area contributed by atoms with Crippen LogP contribution in [0.2, 0.25) is 0 Å². The lowest BCUT2D eigenvalue weighted by Gasteiger charge is -2.09. The topological polar surface area (TPSA) is 78.8 Å². The highest BCUT2D eigenvalue weighted by Gasteiger charge is 2.12. The first-order valence-corrected chi connectivity index (χ1v) is 7.54. The fourth-order valence-electron chi connectivity index (χ4n) is 2.47. The van der Waals surface area contributed by atoms with E-state index in [1.807, 2.05) is 43.3 Å². The molecule has 3 aromatic rings. The van der Waals surface area contributed by atoms with Crippen LogP contribution in [0.25, 0.3) is 22.4 Å². The zero-order chi connectivity index (χ0) is 16.9. The standard InChI is InChI=1S/C19H15N3O2/c1-2-24-15-7-5-13(6-8-15)18-10-16(14-4-3-9-21-12-14)17(11-20)19(23)22-18/h3-10,12H,2H2,1H3,(H,22,23). The highest BCUT2D eigenvalue weighted by Crippen LogP contribution is 2.26. The largest absolute Gasteiger partial charge is 0.494 e. The maximum Gasteiger partial charge on any atom is 0.266 e. The molecular weight excluding hydrogens is 302 g/mol. The number of rotatable bonds is 4. The summed E-state index contributed by atoms with van der Waals surface area (Å²) in [6.45, 7) is 2.52. The number of nitrogens with zero attached hydrogens (tertiary/aromatic N) is 2. The van der Waals surface area contributed by atoms with E-state index >= 15 is 0 Å². The predicted molar refractivity (Wildman–Crippen MR) is 91.6 cm³/mol. The van der Waals surface area contributed by atoms with Crippen LogP contribution in [0.5, 0.6) is 5.75 Å². The molecule has 0 bridgehead atoms. The van der Waals surface area contributed by atoms with Crippen molar-refractivity contribution in [2.75, 3.05) is 6.61 Å². The number of hydrogen-bond donors (Lipinski definition) is 1. The van der Waals surface area contributed by atoms with Gasteiger partial charge in [-0.1, -0.05) is 6.07 Å². The fraction of sp³-hybridized carbons (Fsp3) is 0.105. The van der Waals surface area contributed by atoms with Gasteiger partial charge in [-0.25, -0.2) is 0 Å². The summed E-state index contributed by atoms with van der Waals surface area (Å²) in [5.74, 6) is 0.768. The smallest absolute Gasteiger partial charge is 0.266 e.